The van der Waals surface area contributed by atoms with Crippen LogP contribution in [0.5, 0.6) is 0 Å². The first-order valence-electron chi connectivity index (χ1n) is 10.3. The van der Waals surface area contributed by atoms with Crippen LogP contribution in [0.2, 0.25) is 0 Å². The molecule has 2 atom stereocenters. The van der Waals surface area contributed by atoms with Gasteiger partial charge in [0.1, 0.15) is 0 Å². The highest BCUT2D eigenvalue weighted by Crippen LogP contribution is 2.26. The SMILES string of the molecule is CC(=O)c1ccc2cc(NC3CCCCC3NS(=O)(=O)c3ccccc3)ccc2c1. The number of hydrogen-bond acceptors (Lipinski definition) is 4. The van der Waals surface area contributed by atoms with Crippen molar-refractivity contribution in [3.05, 3.63) is 72.3 Å². The fourth-order valence-electron chi connectivity index (χ4n) is 4.08. The van der Waals surface area contributed by atoms with Crippen molar-refractivity contribution in [2.24, 2.45) is 0 Å². The normalized spacial score (nSPS) is 19.5. The Hall–Kier alpha value is -2.70. The fourth-order valence-corrected chi connectivity index (χ4v) is 5.41. The standard InChI is InChI=1S/C24H26N2O3S/c1-17(27)18-11-12-20-16-21(14-13-19(20)15-18)25-23-9-5-6-10-24(23)26-30(28,29)22-7-3-2-4-8-22/h2-4,7-8,11-16,23-26H,5-6,9-10H2,1H3. The first kappa shape index (κ1) is 20.6. The van der Waals surface area contributed by atoms with Crippen LogP contribution in [0, 0.1) is 0 Å². The molecule has 1 aliphatic carbocycles. The van der Waals surface area contributed by atoms with Crippen molar-refractivity contribution >= 4 is 32.3 Å². The quantitative estimate of drug-likeness (QED) is 0.563. The molecule has 0 radical (unpaired) electrons. The molecule has 0 heterocycles. The van der Waals surface area contributed by atoms with E-state index in [1.807, 2.05) is 36.4 Å². The molecule has 2 unspecified atom stereocenters. The molecule has 3 aromatic carbocycles. The van der Waals surface area contributed by atoms with Crippen LogP contribution in [0.3, 0.4) is 0 Å². The summed E-state index contributed by atoms with van der Waals surface area (Å²) >= 11 is 0. The summed E-state index contributed by atoms with van der Waals surface area (Å²) < 4.78 is 28.5. The molecule has 1 fully saturated rings. The number of sulfonamides is 1. The highest BCUT2D eigenvalue weighted by atomic mass is 32.2. The maximum atomic E-state index is 12.8. The Bertz CT molecular complexity index is 1160. The molecular formula is C24H26N2O3S. The van der Waals surface area contributed by atoms with Crippen LogP contribution in [0.25, 0.3) is 10.8 Å². The minimum Gasteiger partial charge on any atom is -0.381 e. The highest BCUT2D eigenvalue weighted by molar-refractivity contribution is 7.89. The summed E-state index contributed by atoms with van der Waals surface area (Å²) in [6.45, 7) is 1.57. The molecule has 4 rings (SSSR count). The van der Waals surface area contributed by atoms with Gasteiger partial charge in [-0.15, -0.1) is 0 Å². The molecule has 0 bridgehead atoms. The predicted molar refractivity (Wildman–Crippen MR) is 120 cm³/mol. The van der Waals surface area contributed by atoms with E-state index in [4.69, 9.17) is 0 Å². The maximum absolute atomic E-state index is 12.8. The van der Waals surface area contributed by atoms with E-state index in [0.717, 1.165) is 42.1 Å². The van der Waals surface area contributed by atoms with Crippen LogP contribution in [-0.4, -0.2) is 26.3 Å². The van der Waals surface area contributed by atoms with Crippen LogP contribution in [-0.2, 0) is 10.0 Å². The van der Waals surface area contributed by atoms with Gasteiger partial charge in [-0.25, -0.2) is 13.1 Å². The van der Waals surface area contributed by atoms with Gasteiger partial charge in [0.15, 0.2) is 5.78 Å². The molecule has 0 amide bonds. The summed E-state index contributed by atoms with van der Waals surface area (Å²) in [5.74, 6) is 0.0508. The predicted octanol–water partition coefficient (Wildman–Crippen LogP) is 4.74. The Balaban J connectivity index is 1.53. The number of anilines is 1. The van der Waals surface area contributed by atoms with Gasteiger partial charge in [-0.1, -0.05) is 49.2 Å². The first-order valence-corrected chi connectivity index (χ1v) is 11.8. The summed E-state index contributed by atoms with van der Waals surface area (Å²) in [6, 6.07) is 20.1. The lowest BCUT2D eigenvalue weighted by Crippen LogP contribution is -2.48. The monoisotopic (exact) mass is 422 g/mol. The Kier molecular flexibility index (Phi) is 5.88. The minimum atomic E-state index is -3.55. The van der Waals surface area contributed by atoms with Gasteiger partial charge in [-0.05, 0) is 60.9 Å². The molecule has 1 aliphatic rings. The van der Waals surface area contributed by atoms with Crippen molar-refractivity contribution in [3.63, 3.8) is 0 Å². The second-order valence-corrected chi connectivity index (χ2v) is 9.62. The van der Waals surface area contributed by atoms with Crippen LogP contribution < -0.4 is 10.0 Å². The van der Waals surface area contributed by atoms with Crippen LogP contribution >= 0.6 is 0 Å². The van der Waals surface area contributed by atoms with E-state index in [9.17, 15) is 13.2 Å². The Morgan fingerprint density at radius 1 is 0.867 bits per heavy atom. The molecule has 0 aromatic heterocycles. The van der Waals surface area contributed by atoms with Crippen molar-refractivity contribution in [1.82, 2.24) is 4.72 Å². The zero-order valence-electron chi connectivity index (χ0n) is 17.0. The number of carbonyl (C=O) groups excluding carboxylic acids is 1. The van der Waals surface area contributed by atoms with Gasteiger partial charge in [0.25, 0.3) is 0 Å². The summed E-state index contributed by atoms with van der Waals surface area (Å²) in [6.07, 6.45) is 3.78. The van der Waals surface area contributed by atoms with E-state index in [1.165, 1.54) is 0 Å². The van der Waals surface area contributed by atoms with Gasteiger partial charge in [0.05, 0.1) is 4.90 Å². The van der Waals surface area contributed by atoms with Gasteiger partial charge in [-0.2, -0.15) is 0 Å². The van der Waals surface area contributed by atoms with Gasteiger partial charge < -0.3 is 5.32 Å². The molecule has 3 aromatic rings. The summed E-state index contributed by atoms with van der Waals surface area (Å²) in [5.41, 5.74) is 1.65. The molecule has 0 aliphatic heterocycles. The molecule has 0 spiro atoms. The smallest absolute Gasteiger partial charge is 0.240 e. The molecule has 1 saturated carbocycles. The van der Waals surface area contributed by atoms with Gasteiger partial charge in [-0.3, -0.25) is 4.79 Å². The summed E-state index contributed by atoms with van der Waals surface area (Å²) in [5, 5.41) is 5.60. The lowest BCUT2D eigenvalue weighted by molar-refractivity contribution is 0.101. The average molecular weight is 423 g/mol. The number of Topliss-reactive ketones (excluding diaryl/α,β-unsaturated/α-hetero) is 1. The minimum absolute atomic E-state index is 0.0196. The van der Waals surface area contributed by atoms with Gasteiger partial charge in [0, 0.05) is 23.3 Å². The van der Waals surface area contributed by atoms with Crippen LogP contribution in [0.15, 0.2) is 71.6 Å². The zero-order chi connectivity index (χ0) is 21.1. The third-order valence-electron chi connectivity index (χ3n) is 5.72. The number of nitrogens with one attached hydrogen (secondary N) is 2. The van der Waals surface area contributed by atoms with Crippen molar-refractivity contribution in [3.8, 4) is 0 Å². The number of benzene rings is 3. The molecular weight excluding hydrogens is 396 g/mol. The molecule has 0 saturated heterocycles. The van der Waals surface area contributed by atoms with Crippen molar-refractivity contribution in [2.45, 2.75) is 49.6 Å². The second kappa shape index (κ2) is 8.58. The highest BCUT2D eigenvalue weighted by Gasteiger charge is 2.29. The van der Waals surface area contributed by atoms with Crippen molar-refractivity contribution in [1.29, 1.82) is 0 Å². The zero-order valence-corrected chi connectivity index (χ0v) is 17.8. The first-order chi connectivity index (χ1) is 14.4. The summed E-state index contributed by atoms with van der Waals surface area (Å²) in [7, 11) is -3.55. The van der Waals surface area contributed by atoms with Crippen molar-refractivity contribution < 1.29 is 13.2 Å². The van der Waals surface area contributed by atoms with E-state index in [2.05, 4.69) is 16.1 Å². The number of rotatable bonds is 6. The molecule has 2 N–H and O–H groups in total. The topological polar surface area (TPSA) is 75.3 Å². The number of ketones is 1. The molecule has 5 nitrogen and oxygen atoms in total. The molecule has 6 heteroatoms. The number of carbonyl (C=O) groups is 1. The van der Waals surface area contributed by atoms with Crippen LogP contribution in [0.4, 0.5) is 5.69 Å². The summed E-state index contributed by atoms with van der Waals surface area (Å²) in [4.78, 5) is 11.9. The van der Waals surface area contributed by atoms with E-state index in [-0.39, 0.29) is 17.9 Å². The Morgan fingerprint density at radius 3 is 2.27 bits per heavy atom. The van der Waals surface area contributed by atoms with Crippen molar-refractivity contribution in [2.75, 3.05) is 5.32 Å². The Labute approximate surface area is 177 Å². The van der Waals surface area contributed by atoms with Gasteiger partial charge in [0.2, 0.25) is 10.0 Å². The fraction of sp³-hybridized carbons (Fsp3) is 0.292. The van der Waals surface area contributed by atoms with Gasteiger partial charge >= 0.3 is 0 Å². The maximum Gasteiger partial charge on any atom is 0.240 e. The lowest BCUT2D eigenvalue weighted by atomic mass is 9.90. The number of hydrogen-bond donors (Lipinski definition) is 2. The largest absolute Gasteiger partial charge is 0.381 e. The third-order valence-corrected chi connectivity index (χ3v) is 7.23. The van der Waals surface area contributed by atoms with E-state index >= 15 is 0 Å². The average Bonchev–Trinajstić information content (AvgIpc) is 2.75. The second-order valence-electron chi connectivity index (χ2n) is 7.91. The van der Waals surface area contributed by atoms with E-state index in [0.29, 0.717) is 10.5 Å². The third kappa shape index (κ3) is 4.55. The van der Waals surface area contributed by atoms with Crippen LogP contribution in [0.1, 0.15) is 43.0 Å². The molecule has 156 valence electrons. The lowest BCUT2D eigenvalue weighted by Gasteiger charge is -2.33. The Morgan fingerprint density at radius 2 is 1.53 bits per heavy atom. The molecule has 30 heavy (non-hydrogen) atoms. The van der Waals surface area contributed by atoms with E-state index in [1.54, 1.807) is 31.2 Å². The number of fused-ring (bicyclic) bond motifs is 1. The van der Waals surface area contributed by atoms with E-state index < -0.39 is 10.0 Å².